The van der Waals surface area contributed by atoms with E-state index in [2.05, 4.69) is 26.2 Å². The van der Waals surface area contributed by atoms with Gasteiger partial charge in [0.15, 0.2) is 0 Å². The van der Waals surface area contributed by atoms with Crippen molar-refractivity contribution in [2.24, 2.45) is 5.92 Å². The third-order valence-electron chi connectivity index (χ3n) is 4.28. The summed E-state index contributed by atoms with van der Waals surface area (Å²) < 4.78 is 7.49. The Hall–Kier alpha value is -3.00. The van der Waals surface area contributed by atoms with Crippen LogP contribution in [0.25, 0.3) is 5.65 Å². The predicted molar refractivity (Wildman–Crippen MR) is 111 cm³/mol. The lowest BCUT2D eigenvalue weighted by Gasteiger charge is -2.20. The molecule has 8 heteroatoms. The van der Waals surface area contributed by atoms with Gasteiger partial charge in [0.05, 0.1) is 5.69 Å². The maximum Gasteiger partial charge on any atom is 0.329 e. The molecule has 1 N–H and O–H groups in total. The molecule has 1 atom stereocenters. The first-order valence-electron chi connectivity index (χ1n) is 9.05. The number of carbonyl (C=O) groups excluding carboxylic acids is 2. The number of amides is 1. The molecule has 0 aliphatic carbocycles. The van der Waals surface area contributed by atoms with Gasteiger partial charge in [-0.3, -0.25) is 14.0 Å². The van der Waals surface area contributed by atoms with Gasteiger partial charge in [0.1, 0.15) is 18.3 Å². The summed E-state index contributed by atoms with van der Waals surface area (Å²) in [5, 5.41) is 2.71. The van der Waals surface area contributed by atoms with Crippen LogP contribution < -0.4 is 10.9 Å². The van der Waals surface area contributed by atoms with E-state index in [0.717, 1.165) is 4.47 Å². The monoisotopic (exact) mass is 457 g/mol. The summed E-state index contributed by atoms with van der Waals surface area (Å²) in [6.07, 6.45) is 1.62. The molecule has 0 bridgehead atoms. The van der Waals surface area contributed by atoms with Gasteiger partial charge < -0.3 is 10.1 Å². The average molecular weight is 458 g/mol. The quantitative estimate of drug-likeness (QED) is 0.574. The van der Waals surface area contributed by atoms with E-state index in [1.54, 1.807) is 42.6 Å². The topological polar surface area (TPSA) is 89.8 Å². The molecule has 2 heterocycles. The SMILES string of the molecule is CC(C)[C@H](NC(=O)c1ccccc1)C(=O)OCc1cc(=O)n2cc(Br)ccc2n1. The van der Waals surface area contributed by atoms with E-state index in [9.17, 15) is 14.4 Å². The number of nitrogens with one attached hydrogen (secondary N) is 1. The molecule has 0 spiro atoms. The molecule has 0 radical (unpaired) electrons. The number of halogens is 1. The minimum absolute atomic E-state index is 0.162. The minimum atomic E-state index is -0.819. The maximum atomic E-state index is 12.6. The van der Waals surface area contributed by atoms with Crippen molar-refractivity contribution in [1.82, 2.24) is 14.7 Å². The van der Waals surface area contributed by atoms with E-state index >= 15 is 0 Å². The lowest BCUT2D eigenvalue weighted by Crippen LogP contribution is -2.45. The number of carbonyl (C=O) groups is 2. The van der Waals surface area contributed by atoms with E-state index in [0.29, 0.717) is 16.9 Å². The fourth-order valence-electron chi connectivity index (χ4n) is 2.75. The number of fused-ring (bicyclic) bond motifs is 1. The largest absolute Gasteiger partial charge is 0.458 e. The van der Waals surface area contributed by atoms with Crippen molar-refractivity contribution in [3.05, 3.63) is 80.8 Å². The minimum Gasteiger partial charge on any atom is -0.458 e. The van der Waals surface area contributed by atoms with Crippen molar-refractivity contribution in [2.45, 2.75) is 26.5 Å². The first-order valence-corrected chi connectivity index (χ1v) is 9.85. The van der Waals surface area contributed by atoms with Crippen LogP contribution in [-0.2, 0) is 16.1 Å². The lowest BCUT2D eigenvalue weighted by molar-refractivity contribution is -0.148. The summed E-state index contributed by atoms with van der Waals surface area (Å²) in [7, 11) is 0. The third kappa shape index (κ3) is 5.08. The number of benzene rings is 1. The van der Waals surface area contributed by atoms with Gasteiger partial charge >= 0.3 is 5.97 Å². The zero-order valence-corrected chi connectivity index (χ0v) is 17.5. The molecule has 7 nitrogen and oxygen atoms in total. The van der Waals surface area contributed by atoms with Gasteiger partial charge in [-0.05, 0) is 46.1 Å². The third-order valence-corrected chi connectivity index (χ3v) is 4.75. The number of hydrogen-bond acceptors (Lipinski definition) is 5. The van der Waals surface area contributed by atoms with Gasteiger partial charge in [-0.25, -0.2) is 9.78 Å². The Bertz CT molecular complexity index is 1100. The second kappa shape index (κ2) is 9.00. The van der Waals surface area contributed by atoms with Crippen molar-refractivity contribution in [1.29, 1.82) is 0 Å². The van der Waals surface area contributed by atoms with Crippen LogP contribution in [0.2, 0.25) is 0 Å². The van der Waals surface area contributed by atoms with E-state index in [1.165, 1.54) is 10.5 Å². The second-order valence-electron chi connectivity index (χ2n) is 6.83. The Morgan fingerprint density at radius 2 is 1.90 bits per heavy atom. The summed E-state index contributed by atoms with van der Waals surface area (Å²) >= 11 is 3.31. The van der Waals surface area contributed by atoms with Gasteiger partial charge in [0, 0.05) is 22.3 Å². The smallest absolute Gasteiger partial charge is 0.329 e. The van der Waals surface area contributed by atoms with Crippen LogP contribution in [0.4, 0.5) is 0 Å². The Morgan fingerprint density at radius 1 is 1.17 bits per heavy atom. The Morgan fingerprint density at radius 3 is 2.59 bits per heavy atom. The van der Waals surface area contributed by atoms with Crippen LogP contribution in [0, 0.1) is 5.92 Å². The van der Waals surface area contributed by atoms with Gasteiger partial charge in [0.25, 0.3) is 11.5 Å². The number of aromatic nitrogens is 2. The second-order valence-corrected chi connectivity index (χ2v) is 7.75. The van der Waals surface area contributed by atoms with E-state index in [1.807, 2.05) is 19.9 Å². The van der Waals surface area contributed by atoms with Crippen LogP contribution >= 0.6 is 15.9 Å². The highest BCUT2D eigenvalue weighted by molar-refractivity contribution is 9.10. The van der Waals surface area contributed by atoms with Gasteiger partial charge in [0.2, 0.25) is 0 Å². The van der Waals surface area contributed by atoms with Crippen molar-refractivity contribution in [2.75, 3.05) is 0 Å². The van der Waals surface area contributed by atoms with Gasteiger partial charge in [-0.1, -0.05) is 32.0 Å². The highest BCUT2D eigenvalue weighted by Gasteiger charge is 2.26. The first kappa shape index (κ1) is 20.7. The molecule has 0 saturated heterocycles. The molecular weight excluding hydrogens is 438 g/mol. The zero-order chi connectivity index (χ0) is 21.0. The molecule has 29 heavy (non-hydrogen) atoms. The number of nitrogens with zero attached hydrogens (tertiary/aromatic N) is 2. The predicted octanol–water partition coefficient (Wildman–Crippen LogP) is 2.95. The van der Waals surface area contributed by atoms with E-state index < -0.39 is 12.0 Å². The average Bonchev–Trinajstić information content (AvgIpc) is 2.71. The van der Waals surface area contributed by atoms with E-state index in [-0.39, 0.29) is 24.0 Å². The molecule has 0 unspecified atom stereocenters. The number of pyridine rings is 1. The summed E-state index contributed by atoms with van der Waals surface area (Å²) in [6.45, 7) is 3.47. The summed E-state index contributed by atoms with van der Waals surface area (Å²) in [5.41, 5.74) is 0.966. The zero-order valence-electron chi connectivity index (χ0n) is 16.0. The normalized spacial score (nSPS) is 12.0. The molecule has 0 aliphatic heterocycles. The highest BCUT2D eigenvalue weighted by Crippen LogP contribution is 2.11. The van der Waals surface area contributed by atoms with Crippen LogP contribution in [-0.4, -0.2) is 27.3 Å². The highest BCUT2D eigenvalue weighted by atomic mass is 79.9. The number of ether oxygens (including phenoxy) is 1. The molecule has 3 rings (SSSR count). The molecule has 3 aromatic rings. The van der Waals surface area contributed by atoms with Crippen molar-refractivity contribution in [3.63, 3.8) is 0 Å². The number of rotatable bonds is 6. The summed E-state index contributed by atoms with van der Waals surface area (Å²) in [4.78, 5) is 41.5. The van der Waals surface area contributed by atoms with E-state index in [4.69, 9.17) is 4.74 Å². The lowest BCUT2D eigenvalue weighted by atomic mass is 10.0. The van der Waals surface area contributed by atoms with Crippen LogP contribution in [0.1, 0.15) is 29.9 Å². The number of hydrogen-bond donors (Lipinski definition) is 1. The van der Waals surface area contributed by atoms with Crippen molar-refractivity contribution < 1.29 is 14.3 Å². The summed E-state index contributed by atoms with van der Waals surface area (Å²) in [6, 6.07) is 12.6. The van der Waals surface area contributed by atoms with Crippen molar-refractivity contribution in [3.8, 4) is 0 Å². The molecule has 2 aromatic heterocycles. The van der Waals surface area contributed by atoms with Crippen LogP contribution in [0.3, 0.4) is 0 Å². The van der Waals surface area contributed by atoms with Crippen molar-refractivity contribution >= 4 is 33.5 Å². The molecule has 150 valence electrons. The molecule has 1 amide bonds. The fourth-order valence-corrected chi connectivity index (χ4v) is 3.08. The summed E-state index contributed by atoms with van der Waals surface area (Å²) in [5.74, 6) is -1.11. The molecular formula is C21H20BrN3O4. The Kier molecular flexibility index (Phi) is 6.43. The fraction of sp³-hybridized carbons (Fsp3) is 0.238. The molecule has 0 saturated carbocycles. The Balaban J connectivity index is 1.70. The first-order chi connectivity index (χ1) is 13.8. The van der Waals surface area contributed by atoms with Gasteiger partial charge in [-0.2, -0.15) is 0 Å². The number of esters is 1. The van der Waals surface area contributed by atoms with Crippen LogP contribution in [0.5, 0.6) is 0 Å². The molecule has 0 aliphatic rings. The maximum absolute atomic E-state index is 12.6. The standard InChI is InChI=1S/C21H20BrN3O4/c1-13(2)19(24-20(27)14-6-4-3-5-7-14)21(28)29-12-16-10-18(26)25-11-15(22)8-9-17(25)23-16/h3-11,13,19H,12H2,1-2H3,(H,24,27)/t19-/m0/s1. The molecule has 1 aromatic carbocycles. The van der Waals surface area contributed by atoms with Gasteiger partial charge in [-0.15, -0.1) is 0 Å². The van der Waals surface area contributed by atoms with Crippen LogP contribution in [0.15, 0.2) is 64.0 Å². The molecule has 0 fully saturated rings. The Labute approximate surface area is 175 Å².